The molecule has 30 heavy (non-hydrogen) atoms. The molecule has 2 aromatic heterocycles. The van der Waals surface area contributed by atoms with Gasteiger partial charge in [-0.1, -0.05) is 13.3 Å². The summed E-state index contributed by atoms with van der Waals surface area (Å²) in [6.07, 6.45) is 2.87. The minimum absolute atomic E-state index is 0.256. The molecule has 0 saturated heterocycles. The maximum absolute atomic E-state index is 10.7. The van der Waals surface area contributed by atoms with Crippen molar-refractivity contribution >= 4 is 50.0 Å². The highest BCUT2D eigenvalue weighted by molar-refractivity contribution is 7.74. The first kappa shape index (κ1) is 20.8. The number of aromatic nitrogens is 2. The van der Waals surface area contributed by atoms with Crippen LogP contribution in [0.4, 0.5) is 5.69 Å². The number of benzene rings is 2. The largest absolute Gasteiger partial charge is 0.441 e. The van der Waals surface area contributed by atoms with Crippen LogP contribution in [0.1, 0.15) is 32.1 Å². The maximum atomic E-state index is 10.7. The quantitative estimate of drug-likeness (QED) is 0.300. The summed E-state index contributed by atoms with van der Waals surface area (Å²) in [6, 6.07) is 10.7. The van der Waals surface area contributed by atoms with E-state index in [1.165, 1.54) is 5.39 Å². The SMILES string of the molecule is CCCCN(CCCOS(=O)O)c1ccc2c(c1)c1cc3nc(C)oc3cc1n2C. The molecular formula is C22H27N3O4S. The number of rotatable bonds is 9. The van der Waals surface area contributed by atoms with Crippen LogP contribution < -0.4 is 4.90 Å². The van der Waals surface area contributed by atoms with E-state index in [9.17, 15) is 4.21 Å². The molecule has 0 aliphatic carbocycles. The minimum atomic E-state index is -2.21. The van der Waals surface area contributed by atoms with E-state index in [4.69, 9.17) is 13.2 Å². The second-order valence-electron chi connectivity index (χ2n) is 7.56. The topological polar surface area (TPSA) is 80.7 Å². The highest BCUT2D eigenvalue weighted by Gasteiger charge is 2.15. The van der Waals surface area contributed by atoms with Crippen LogP contribution >= 0.6 is 0 Å². The van der Waals surface area contributed by atoms with Gasteiger partial charge in [-0.25, -0.2) is 4.98 Å². The van der Waals surface area contributed by atoms with Gasteiger partial charge in [0.25, 0.3) is 0 Å². The monoisotopic (exact) mass is 429 g/mol. The van der Waals surface area contributed by atoms with Crippen molar-refractivity contribution in [2.75, 3.05) is 24.6 Å². The fraction of sp³-hybridized carbons (Fsp3) is 0.409. The van der Waals surface area contributed by atoms with Crippen molar-refractivity contribution in [2.45, 2.75) is 33.1 Å². The summed E-state index contributed by atoms with van der Waals surface area (Å²) in [5, 5.41) is 2.34. The summed E-state index contributed by atoms with van der Waals surface area (Å²) >= 11 is -2.21. The molecule has 0 saturated carbocycles. The second-order valence-corrected chi connectivity index (χ2v) is 8.23. The molecule has 0 spiro atoms. The van der Waals surface area contributed by atoms with Crippen LogP contribution in [0, 0.1) is 6.92 Å². The molecule has 2 heterocycles. The Morgan fingerprint density at radius 1 is 1.17 bits per heavy atom. The van der Waals surface area contributed by atoms with E-state index >= 15 is 0 Å². The Morgan fingerprint density at radius 2 is 1.93 bits per heavy atom. The minimum Gasteiger partial charge on any atom is -0.441 e. The first-order valence-electron chi connectivity index (χ1n) is 10.3. The Balaban J connectivity index is 1.72. The van der Waals surface area contributed by atoms with E-state index in [-0.39, 0.29) is 6.61 Å². The summed E-state index contributed by atoms with van der Waals surface area (Å²) in [7, 11) is 2.07. The molecule has 0 radical (unpaired) electrons. The first-order chi connectivity index (χ1) is 14.5. The van der Waals surface area contributed by atoms with Crippen LogP contribution in [-0.4, -0.2) is 38.0 Å². The number of oxazole rings is 1. The highest BCUT2D eigenvalue weighted by Crippen LogP contribution is 2.34. The molecule has 4 rings (SSSR count). The number of hydrogen-bond donors (Lipinski definition) is 1. The molecule has 0 amide bonds. The van der Waals surface area contributed by atoms with Gasteiger partial charge in [-0.2, -0.15) is 4.21 Å². The number of hydrogen-bond acceptors (Lipinski definition) is 5. The third kappa shape index (κ3) is 4.08. The molecule has 8 heteroatoms. The van der Waals surface area contributed by atoms with Gasteiger partial charge in [0.1, 0.15) is 5.52 Å². The van der Waals surface area contributed by atoms with Gasteiger partial charge in [-0.15, -0.1) is 0 Å². The first-order valence-corrected chi connectivity index (χ1v) is 11.3. The Hall–Kier alpha value is -2.42. The molecule has 0 aliphatic rings. The number of aryl methyl sites for hydroxylation is 2. The molecule has 1 atom stereocenters. The van der Waals surface area contributed by atoms with Crippen molar-refractivity contribution in [3.05, 3.63) is 36.2 Å². The lowest BCUT2D eigenvalue weighted by Gasteiger charge is -2.25. The van der Waals surface area contributed by atoms with Gasteiger partial charge in [-0.05, 0) is 37.1 Å². The van der Waals surface area contributed by atoms with E-state index in [2.05, 4.69) is 58.8 Å². The number of unbranched alkanes of at least 4 members (excludes halogenated alkanes) is 1. The molecule has 160 valence electrons. The Morgan fingerprint density at radius 3 is 2.70 bits per heavy atom. The van der Waals surface area contributed by atoms with Crippen LogP contribution in [0.25, 0.3) is 32.9 Å². The van der Waals surface area contributed by atoms with Crippen LogP contribution in [0.15, 0.2) is 34.7 Å². The van der Waals surface area contributed by atoms with Crippen molar-refractivity contribution in [3.63, 3.8) is 0 Å². The molecule has 0 fully saturated rings. The van der Waals surface area contributed by atoms with Gasteiger partial charge >= 0.3 is 11.4 Å². The zero-order valence-electron chi connectivity index (χ0n) is 17.6. The third-order valence-electron chi connectivity index (χ3n) is 5.51. The number of nitrogens with zero attached hydrogens (tertiary/aromatic N) is 3. The van der Waals surface area contributed by atoms with Crippen LogP contribution in [0.2, 0.25) is 0 Å². The van der Waals surface area contributed by atoms with Gasteiger partial charge in [0.15, 0.2) is 11.5 Å². The fourth-order valence-electron chi connectivity index (χ4n) is 4.03. The van der Waals surface area contributed by atoms with Gasteiger partial charge in [-0.3, -0.25) is 8.74 Å². The number of anilines is 1. The molecule has 0 aliphatic heterocycles. The smallest absolute Gasteiger partial charge is 0.301 e. The average molecular weight is 430 g/mol. The Kier molecular flexibility index (Phi) is 6.08. The van der Waals surface area contributed by atoms with Crippen LogP contribution in [0.3, 0.4) is 0 Å². The van der Waals surface area contributed by atoms with Crippen LogP contribution in [-0.2, 0) is 22.6 Å². The molecule has 4 aromatic rings. The van der Waals surface area contributed by atoms with Gasteiger partial charge in [0.2, 0.25) is 0 Å². The van der Waals surface area contributed by atoms with E-state index in [1.807, 2.05) is 6.92 Å². The summed E-state index contributed by atoms with van der Waals surface area (Å²) in [4.78, 5) is 6.82. The van der Waals surface area contributed by atoms with Gasteiger partial charge < -0.3 is 13.9 Å². The molecule has 1 unspecified atom stereocenters. The van der Waals surface area contributed by atoms with Crippen LogP contribution in [0.5, 0.6) is 0 Å². The van der Waals surface area contributed by atoms with Crippen molar-refractivity contribution in [1.29, 1.82) is 0 Å². The number of fused-ring (bicyclic) bond motifs is 4. The fourth-order valence-corrected chi connectivity index (χ4v) is 4.30. The zero-order chi connectivity index (χ0) is 21.3. The highest BCUT2D eigenvalue weighted by atomic mass is 32.2. The summed E-state index contributed by atoms with van der Waals surface area (Å²) in [6.45, 7) is 5.99. The maximum Gasteiger partial charge on any atom is 0.301 e. The van der Waals surface area contributed by atoms with Crippen molar-refractivity contribution in [2.24, 2.45) is 7.05 Å². The third-order valence-corrected chi connectivity index (χ3v) is 5.88. The van der Waals surface area contributed by atoms with Gasteiger partial charge in [0.05, 0.1) is 12.1 Å². The Bertz CT molecular complexity index is 1210. The molecular weight excluding hydrogens is 402 g/mol. The van der Waals surface area contributed by atoms with E-state index < -0.39 is 11.4 Å². The van der Waals surface area contributed by atoms with Crippen molar-refractivity contribution < 1.29 is 17.4 Å². The Labute approximate surface area is 178 Å². The van der Waals surface area contributed by atoms with E-state index in [0.29, 0.717) is 12.3 Å². The second kappa shape index (κ2) is 8.75. The lowest BCUT2D eigenvalue weighted by molar-refractivity contribution is 0.302. The van der Waals surface area contributed by atoms with Crippen molar-refractivity contribution in [3.8, 4) is 0 Å². The molecule has 7 nitrogen and oxygen atoms in total. The zero-order valence-corrected chi connectivity index (χ0v) is 18.4. The standard InChI is InChI=1S/C22H27N3O4S/c1-4-5-9-25(10-6-11-28-30(26)27)16-7-8-20-17(12-16)18-13-19-22(29-15(2)23-19)14-21(18)24(20)3/h7-8,12-14H,4-6,9-11H2,1-3H3,(H,26,27). The summed E-state index contributed by atoms with van der Waals surface area (Å²) in [5.41, 5.74) is 5.09. The molecule has 2 aromatic carbocycles. The lowest BCUT2D eigenvalue weighted by atomic mass is 10.1. The molecule has 1 N–H and O–H groups in total. The molecule has 0 bridgehead atoms. The van der Waals surface area contributed by atoms with Crippen molar-refractivity contribution in [1.82, 2.24) is 9.55 Å². The normalized spacial score (nSPS) is 12.9. The summed E-state index contributed by atoms with van der Waals surface area (Å²) in [5.74, 6) is 0.669. The lowest BCUT2D eigenvalue weighted by Crippen LogP contribution is -2.26. The predicted molar refractivity (Wildman–Crippen MR) is 121 cm³/mol. The van der Waals surface area contributed by atoms with E-state index in [0.717, 1.165) is 59.1 Å². The summed E-state index contributed by atoms with van der Waals surface area (Å²) < 4.78 is 32.2. The average Bonchev–Trinajstić information content (AvgIpc) is 3.21. The predicted octanol–water partition coefficient (Wildman–Crippen LogP) is 4.93. The van der Waals surface area contributed by atoms with Gasteiger partial charge in [0, 0.05) is 55.1 Å². The van der Waals surface area contributed by atoms with E-state index in [1.54, 1.807) is 0 Å².